The second-order valence-electron chi connectivity index (χ2n) is 8.31. The first-order chi connectivity index (χ1) is 13.3. The summed E-state index contributed by atoms with van der Waals surface area (Å²) in [7, 11) is 0. The van der Waals surface area contributed by atoms with E-state index in [1.807, 2.05) is 30.9 Å². The van der Waals surface area contributed by atoms with Crippen molar-refractivity contribution >= 4 is 17.7 Å². The molecule has 7 heteroatoms. The Morgan fingerprint density at radius 3 is 2.54 bits per heavy atom. The second-order valence-corrected chi connectivity index (χ2v) is 8.31. The molecular formula is C21H34N4O3. The lowest BCUT2D eigenvalue weighted by molar-refractivity contribution is -0.138. The van der Waals surface area contributed by atoms with E-state index in [4.69, 9.17) is 5.73 Å². The van der Waals surface area contributed by atoms with Crippen LogP contribution in [0.1, 0.15) is 52.1 Å². The largest absolute Gasteiger partial charge is 0.465 e. The molecule has 1 fully saturated rings. The first-order valence-corrected chi connectivity index (χ1v) is 10.3. The van der Waals surface area contributed by atoms with Crippen LogP contribution in [0.15, 0.2) is 18.3 Å². The van der Waals surface area contributed by atoms with Crippen molar-refractivity contribution in [2.75, 3.05) is 18.8 Å². The number of rotatable bonds is 8. The maximum absolute atomic E-state index is 13.3. The molecule has 7 nitrogen and oxygen atoms in total. The zero-order valence-electron chi connectivity index (χ0n) is 17.2. The quantitative estimate of drug-likeness (QED) is 0.632. The number of piperidine rings is 1. The number of hydrogen-bond donors (Lipinski definition) is 3. The summed E-state index contributed by atoms with van der Waals surface area (Å²) in [6, 6.07) is 3.32. The van der Waals surface area contributed by atoms with Crippen LogP contribution in [0.3, 0.4) is 0 Å². The van der Waals surface area contributed by atoms with Crippen molar-refractivity contribution in [3.8, 4) is 0 Å². The molecule has 0 spiro atoms. The Morgan fingerprint density at radius 2 is 2.00 bits per heavy atom. The van der Waals surface area contributed by atoms with E-state index in [0.717, 1.165) is 44.5 Å². The second kappa shape index (κ2) is 10.3. The summed E-state index contributed by atoms with van der Waals surface area (Å²) in [5, 5.41) is 11.9. The van der Waals surface area contributed by atoms with Crippen LogP contribution in [0.5, 0.6) is 0 Å². The van der Waals surface area contributed by atoms with Crippen molar-refractivity contribution in [1.82, 2.24) is 15.2 Å². The standard InChI is InChI=1S/C21H34N4O3/c1-14(2)19(24-21(27)28)18(20(26)25-11-9-15(3)10-12-25)6-4-5-17-8-7-16(22)13-23-17/h7-8,13-15,18-19,24H,4-6,9-12,22H2,1-3H3,(H,27,28)/t18-,19?/m0/s1. The van der Waals surface area contributed by atoms with E-state index in [2.05, 4.69) is 17.2 Å². The Hall–Kier alpha value is -2.31. The van der Waals surface area contributed by atoms with Gasteiger partial charge in [0.25, 0.3) is 0 Å². The SMILES string of the molecule is CC1CCN(C(=O)[C@@H](CCCc2ccc(N)cn2)C(NC(=O)O)C(C)C)CC1. The van der Waals surface area contributed by atoms with Gasteiger partial charge in [-0.1, -0.05) is 20.8 Å². The number of nitrogens with two attached hydrogens (primary N) is 1. The van der Waals surface area contributed by atoms with E-state index in [1.165, 1.54) is 0 Å². The monoisotopic (exact) mass is 390 g/mol. The number of aryl methyl sites for hydroxylation is 1. The topological polar surface area (TPSA) is 109 Å². The molecule has 2 amide bonds. The van der Waals surface area contributed by atoms with Gasteiger partial charge in [0, 0.05) is 24.8 Å². The minimum absolute atomic E-state index is 0.0309. The van der Waals surface area contributed by atoms with Crippen molar-refractivity contribution in [2.45, 2.75) is 58.9 Å². The number of pyridine rings is 1. The third kappa shape index (κ3) is 6.39. The minimum Gasteiger partial charge on any atom is -0.465 e. The van der Waals surface area contributed by atoms with Gasteiger partial charge in [0.15, 0.2) is 0 Å². The summed E-state index contributed by atoms with van der Waals surface area (Å²) in [5.74, 6) is 0.378. The molecule has 156 valence electrons. The Bertz CT molecular complexity index is 640. The lowest BCUT2D eigenvalue weighted by atomic mass is 9.84. The number of carbonyl (C=O) groups excluding carboxylic acids is 1. The minimum atomic E-state index is -1.08. The normalized spacial score (nSPS) is 17.4. The van der Waals surface area contributed by atoms with E-state index >= 15 is 0 Å². The first kappa shape index (κ1) is 22.0. The highest BCUT2D eigenvalue weighted by atomic mass is 16.4. The molecule has 0 aliphatic carbocycles. The highest BCUT2D eigenvalue weighted by Gasteiger charge is 2.35. The van der Waals surface area contributed by atoms with Crippen molar-refractivity contribution in [3.63, 3.8) is 0 Å². The van der Waals surface area contributed by atoms with Crippen LogP contribution in [-0.4, -0.2) is 46.1 Å². The summed E-state index contributed by atoms with van der Waals surface area (Å²) < 4.78 is 0. The number of nitrogens with zero attached hydrogens (tertiary/aromatic N) is 2. The molecule has 0 saturated carbocycles. The molecule has 2 heterocycles. The predicted octanol–water partition coefficient (Wildman–Crippen LogP) is 3.15. The molecule has 4 N–H and O–H groups in total. The maximum atomic E-state index is 13.3. The van der Waals surface area contributed by atoms with Gasteiger partial charge in [-0.2, -0.15) is 0 Å². The highest BCUT2D eigenvalue weighted by Crippen LogP contribution is 2.25. The van der Waals surface area contributed by atoms with Crippen LogP contribution >= 0.6 is 0 Å². The Kier molecular flexibility index (Phi) is 8.08. The summed E-state index contributed by atoms with van der Waals surface area (Å²) in [4.78, 5) is 30.8. The summed E-state index contributed by atoms with van der Waals surface area (Å²) >= 11 is 0. The molecule has 1 aromatic heterocycles. The highest BCUT2D eigenvalue weighted by molar-refractivity contribution is 5.80. The molecule has 28 heavy (non-hydrogen) atoms. The van der Waals surface area contributed by atoms with Crippen molar-refractivity contribution in [2.24, 2.45) is 17.8 Å². The van der Waals surface area contributed by atoms with E-state index in [0.29, 0.717) is 18.0 Å². The van der Waals surface area contributed by atoms with Gasteiger partial charge in [-0.05, 0) is 56.1 Å². The van der Waals surface area contributed by atoms with Crippen LogP contribution in [0.4, 0.5) is 10.5 Å². The number of carbonyl (C=O) groups is 2. The molecule has 0 bridgehead atoms. The summed E-state index contributed by atoms with van der Waals surface area (Å²) in [6.45, 7) is 7.64. The average molecular weight is 391 g/mol. The molecule has 0 aromatic carbocycles. The van der Waals surface area contributed by atoms with Crippen LogP contribution in [0.2, 0.25) is 0 Å². The molecule has 1 aromatic rings. The Labute approximate surface area is 167 Å². The van der Waals surface area contributed by atoms with Crippen LogP contribution in [-0.2, 0) is 11.2 Å². The average Bonchev–Trinajstić information content (AvgIpc) is 2.65. The predicted molar refractivity (Wildman–Crippen MR) is 110 cm³/mol. The molecule has 1 aliphatic rings. The van der Waals surface area contributed by atoms with Gasteiger partial charge in [-0.3, -0.25) is 9.78 Å². The van der Waals surface area contributed by atoms with Gasteiger partial charge in [0.1, 0.15) is 0 Å². The number of nitrogens with one attached hydrogen (secondary N) is 1. The van der Waals surface area contributed by atoms with E-state index in [9.17, 15) is 14.7 Å². The molecular weight excluding hydrogens is 356 g/mol. The first-order valence-electron chi connectivity index (χ1n) is 10.3. The van der Waals surface area contributed by atoms with E-state index in [-0.39, 0.29) is 17.7 Å². The fraction of sp³-hybridized carbons (Fsp3) is 0.667. The Morgan fingerprint density at radius 1 is 1.32 bits per heavy atom. The number of hydrogen-bond acceptors (Lipinski definition) is 4. The van der Waals surface area contributed by atoms with Gasteiger partial charge < -0.3 is 21.1 Å². The number of likely N-dealkylation sites (tertiary alicyclic amines) is 1. The third-order valence-corrected chi connectivity index (χ3v) is 5.65. The fourth-order valence-electron chi connectivity index (χ4n) is 3.88. The van der Waals surface area contributed by atoms with Gasteiger partial charge in [0.2, 0.25) is 5.91 Å². The maximum Gasteiger partial charge on any atom is 0.404 e. The smallest absolute Gasteiger partial charge is 0.404 e. The summed E-state index contributed by atoms with van der Waals surface area (Å²) in [6.07, 6.45) is 4.69. The molecule has 1 unspecified atom stereocenters. The lowest BCUT2D eigenvalue weighted by Crippen LogP contribution is -2.51. The Balaban J connectivity index is 2.08. The lowest BCUT2D eigenvalue weighted by Gasteiger charge is -2.36. The number of carboxylic acid groups (broad SMARTS) is 1. The van der Waals surface area contributed by atoms with Crippen molar-refractivity contribution in [3.05, 3.63) is 24.0 Å². The zero-order valence-corrected chi connectivity index (χ0v) is 17.2. The van der Waals surface area contributed by atoms with Gasteiger partial charge >= 0.3 is 6.09 Å². The van der Waals surface area contributed by atoms with Crippen LogP contribution in [0.25, 0.3) is 0 Å². The number of anilines is 1. The molecule has 1 aliphatic heterocycles. The van der Waals surface area contributed by atoms with E-state index in [1.54, 1.807) is 6.20 Å². The van der Waals surface area contributed by atoms with Crippen LogP contribution < -0.4 is 11.1 Å². The molecule has 1 saturated heterocycles. The molecule has 0 radical (unpaired) electrons. The van der Waals surface area contributed by atoms with Gasteiger partial charge in [0.05, 0.1) is 17.8 Å². The zero-order chi connectivity index (χ0) is 20.7. The number of amides is 2. The number of aromatic nitrogens is 1. The fourth-order valence-corrected chi connectivity index (χ4v) is 3.88. The van der Waals surface area contributed by atoms with Crippen molar-refractivity contribution < 1.29 is 14.7 Å². The van der Waals surface area contributed by atoms with E-state index < -0.39 is 12.1 Å². The van der Waals surface area contributed by atoms with Gasteiger partial charge in [-0.15, -0.1) is 0 Å². The van der Waals surface area contributed by atoms with Crippen LogP contribution in [0, 0.1) is 17.8 Å². The molecule has 2 atom stereocenters. The third-order valence-electron chi connectivity index (χ3n) is 5.65. The van der Waals surface area contributed by atoms with Crippen molar-refractivity contribution in [1.29, 1.82) is 0 Å². The number of nitrogen functional groups attached to an aromatic ring is 1. The summed E-state index contributed by atoms with van der Waals surface area (Å²) in [5.41, 5.74) is 7.24. The molecule has 2 rings (SSSR count). The van der Waals surface area contributed by atoms with Gasteiger partial charge in [-0.25, -0.2) is 4.79 Å².